The van der Waals surface area contributed by atoms with Gasteiger partial charge in [0.25, 0.3) is 5.91 Å². The van der Waals surface area contributed by atoms with Gasteiger partial charge in [0.15, 0.2) is 0 Å². The van der Waals surface area contributed by atoms with Crippen molar-refractivity contribution >= 4 is 11.6 Å². The molecule has 0 fully saturated rings. The number of para-hydroxylation sites is 1. The van der Waals surface area contributed by atoms with Gasteiger partial charge in [0, 0.05) is 5.69 Å². The van der Waals surface area contributed by atoms with Crippen molar-refractivity contribution in [3.8, 4) is 5.75 Å². The van der Waals surface area contributed by atoms with Gasteiger partial charge >= 0.3 is 0 Å². The van der Waals surface area contributed by atoms with Crippen LogP contribution in [0.25, 0.3) is 0 Å². The molecule has 0 aliphatic rings. The molecule has 0 bridgehead atoms. The lowest BCUT2D eigenvalue weighted by Gasteiger charge is -2.12. The van der Waals surface area contributed by atoms with Crippen LogP contribution in [0.4, 0.5) is 5.69 Å². The number of aryl methyl sites for hydroxylation is 2. The molecule has 1 amide bonds. The predicted molar refractivity (Wildman–Crippen MR) is 101 cm³/mol. The first-order valence-corrected chi connectivity index (χ1v) is 8.28. The molecule has 0 saturated carbocycles. The van der Waals surface area contributed by atoms with Crippen LogP contribution in [-0.4, -0.2) is 5.91 Å². The largest absolute Gasteiger partial charge is 0.488 e. The molecule has 0 atom stereocenters. The first-order chi connectivity index (χ1) is 12.1. The van der Waals surface area contributed by atoms with Crippen LogP contribution in [0.2, 0.25) is 0 Å². The molecule has 3 heteroatoms. The average molecular weight is 331 g/mol. The van der Waals surface area contributed by atoms with E-state index in [1.54, 1.807) is 6.07 Å². The third-order valence-electron chi connectivity index (χ3n) is 4.13. The predicted octanol–water partition coefficient (Wildman–Crippen LogP) is 5.13. The van der Waals surface area contributed by atoms with Crippen molar-refractivity contribution in [1.82, 2.24) is 0 Å². The number of hydrogen-bond acceptors (Lipinski definition) is 2. The van der Waals surface area contributed by atoms with Gasteiger partial charge < -0.3 is 10.1 Å². The third kappa shape index (κ3) is 4.27. The molecular formula is C22H21NO2. The Morgan fingerprint density at radius 2 is 1.60 bits per heavy atom. The van der Waals surface area contributed by atoms with Gasteiger partial charge in [-0.1, -0.05) is 48.5 Å². The molecule has 3 nitrogen and oxygen atoms in total. The Morgan fingerprint density at radius 1 is 0.880 bits per heavy atom. The van der Waals surface area contributed by atoms with Crippen LogP contribution in [0.1, 0.15) is 27.0 Å². The Morgan fingerprint density at radius 3 is 2.36 bits per heavy atom. The quantitative estimate of drug-likeness (QED) is 0.703. The Hall–Kier alpha value is -3.07. The van der Waals surface area contributed by atoms with Crippen molar-refractivity contribution in [3.63, 3.8) is 0 Å². The fraction of sp³-hybridized carbons (Fsp3) is 0.136. The number of rotatable bonds is 5. The van der Waals surface area contributed by atoms with Gasteiger partial charge in [-0.2, -0.15) is 0 Å². The lowest BCUT2D eigenvalue weighted by Crippen LogP contribution is -2.13. The van der Waals surface area contributed by atoms with Crippen LogP contribution in [-0.2, 0) is 6.61 Å². The summed E-state index contributed by atoms with van der Waals surface area (Å²) in [6, 6.07) is 23.1. The lowest BCUT2D eigenvalue weighted by molar-refractivity contribution is 0.102. The Bertz CT molecular complexity index is 872. The van der Waals surface area contributed by atoms with Gasteiger partial charge in [-0.15, -0.1) is 0 Å². The van der Waals surface area contributed by atoms with Crippen LogP contribution in [0.3, 0.4) is 0 Å². The highest BCUT2D eigenvalue weighted by Crippen LogP contribution is 2.22. The number of carbonyl (C=O) groups is 1. The van der Waals surface area contributed by atoms with Crippen LogP contribution >= 0.6 is 0 Å². The van der Waals surface area contributed by atoms with Crippen molar-refractivity contribution < 1.29 is 9.53 Å². The van der Waals surface area contributed by atoms with Gasteiger partial charge in [0.2, 0.25) is 0 Å². The van der Waals surface area contributed by atoms with Crippen molar-refractivity contribution in [3.05, 3.63) is 95.1 Å². The fourth-order valence-corrected chi connectivity index (χ4v) is 2.53. The maximum Gasteiger partial charge on any atom is 0.259 e. The van der Waals surface area contributed by atoms with Gasteiger partial charge in [-0.05, 0) is 54.8 Å². The maximum absolute atomic E-state index is 12.7. The van der Waals surface area contributed by atoms with E-state index in [1.165, 1.54) is 5.56 Å². The SMILES string of the molecule is Cc1ccc(NC(=O)c2ccccc2OCc2ccccc2)cc1C. The molecule has 0 saturated heterocycles. The zero-order chi connectivity index (χ0) is 17.6. The van der Waals surface area contributed by atoms with Crippen LogP contribution in [0.5, 0.6) is 5.75 Å². The second-order valence-corrected chi connectivity index (χ2v) is 6.02. The van der Waals surface area contributed by atoms with E-state index in [0.29, 0.717) is 17.9 Å². The summed E-state index contributed by atoms with van der Waals surface area (Å²) in [6.45, 7) is 4.50. The lowest BCUT2D eigenvalue weighted by atomic mass is 10.1. The molecule has 0 aromatic heterocycles. The van der Waals surface area contributed by atoms with E-state index in [9.17, 15) is 4.79 Å². The smallest absolute Gasteiger partial charge is 0.259 e. The molecule has 3 aromatic rings. The van der Waals surface area contributed by atoms with E-state index in [0.717, 1.165) is 16.8 Å². The zero-order valence-electron chi connectivity index (χ0n) is 14.5. The van der Waals surface area contributed by atoms with Crippen LogP contribution < -0.4 is 10.1 Å². The first-order valence-electron chi connectivity index (χ1n) is 8.28. The standard InChI is InChI=1S/C22H21NO2/c1-16-12-13-19(14-17(16)2)23-22(24)20-10-6-7-11-21(20)25-15-18-8-4-3-5-9-18/h3-14H,15H2,1-2H3,(H,23,24). The summed E-state index contributed by atoms with van der Waals surface area (Å²) >= 11 is 0. The van der Waals surface area contributed by atoms with E-state index in [2.05, 4.69) is 5.32 Å². The summed E-state index contributed by atoms with van der Waals surface area (Å²) < 4.78 is 5.86. The molecule has 126 valence electrons. The second-order valence-electron chi connectivity index (χ2n) is 6.02. The summed E-state index contributed by atoms with van der Waals surface area (Å²) in [4.78, 5) is 12.7. The van der Waals surface area contributed by atoms with E-state index in [-0.39, 0.29) is 5.91 Å². The molecule has 0 heterocycles. The van der Waals surface area contributed by atoms with E-state index in [1.807, 2.05) is 80.6 Å². The summed E-state index contributed by atoms with van der Waals surface area (Å²) in [5.74, 6) is 0.402. The highest BCUT2D eigenvalue weighted by molar-refractivity contribution is 6.06. The Labute approximate surface area is 148 Å². The number of carbonyl (C=O) groups excluding carboxylic acids is 1. The normalized spacial score (nSPS) is 10.3. The van der Waals surface area contributed by atoms with E-state index < -0.39 is 0 Å². The molecule has 0 aliphatic heterocycles. The van der Waals surface area contributed by atoms with Gasteiger partial charge in [-0.25, -0.2) is 0 Å². The summed E-state index contributed by atoms with van der Waals surface area (Å²) in [6.07, 6.45) is 0. The van der Waals surface area contributed by atoms with Gasteiger partial charge in [0.05, 0.1) is 5.56 Å². The number of anilines is 1. The monoisotopic (exact) mass is 331 g/mol. The number of nitrogens with one attached hydrogen (secondary N) is 1. The van der Waals surface area contributed by atoms with Crippen molar-refractivity contribution in [2.24, 2.45) is 0 Å². The summed E-state index contributed by atoms with van der Waals surface area (Å²) in [5, 5.41) is 2.95. The fourth-order valence-electron chi connectivity index (χ4n) is 2.53. The van der Waals surface area contributed by atoms with Crippen LogP contribution in [0, 0.1) is 13.8 Å². The third-order valence-corrected chi connectivity index (χ3v) is 4.13. The number of hydrogen-bond donors (Lipinski definition) is 1. The average Bonchev–Trinajstić information content (AvgIpc) is 2.64. The highest BCUT2D eigenvalue weighted by atomic mass is 16.5. The van der Waals surface area contributed by atoms with Crippen LogP contribution in [0.15, 0.2) is 72.8 Å². The zero-order valence-corrected chi connectivity index (χ0v) is 14.5. The molecule has 3 aromatic carbocycles. The van der Waals surface area contributed by atoms with Crippen molar-refractivity contribution in [1.29, 1.82) is 0 Å². The van der Waals surface area contributed by atoms with E-state index in [4.69, 9.17) is 4.74 Å². The summed E-state index contributed by atoms with van der Waals surface area (Å²) in [7, 11) is 0. The molecule has 1 N–H and O–H groups in total. The van der Waals surface area contributed by atoms with Gasteiger partial charge in [-0.3, -0.25) is 4.79 Å². The Balaban J connectivity index is 1.75. The number of amides is 1. The minimum atomic E-state index is -0.174. The minimum absolute atomic E-state index is 0.174. The molecule has 0 spiro atoms. The molecule has 0 aliphatic carbocycles. The first kappa shape index (κ1) is 16.8. The topological polar surface area (TPSA) is 38.3 Å². The number of benzene rings is 3. The summed E-state index contributed by atoms with van der Waals surface area (Å²) in [5.41, 5.74) is 4.71. The number of ether oxygens (including phenoxy) is 1. The molecule has 3 rings (SSSR count). The maximum atomic E-state index is 12.7. The van der Waals surface area contributed by atoms with Crippen molar-refractivity contribution in [2.75, 3.05) is 5.32 Å². The highest BCUT2D eigenvalue weighted by Gasteiger charge is 2.12. The molecular weight excluding hydrogens is 310 g/mol. The van der Waals surface area contributed by atoms with Gasteiger partial charge in [0.1, 0.15) is 12.4 Å². The van der Waals surface area contributed by atoms with E-state index >= 15 is 0 Å². The molecule has 25 heavy (non-hydrogen) atoms. The molecule has 0 radical (unpaired) electrons. The Kier molecular flexibility index (Phi) is 5.14. The minimum Gasteiger partial charge on any atom is -0.488 e. The molecule has 0 unspecified atom stereocenters. The van der Waals surface area contributed by atoms with Crippen molar-refractivity contribution in [2.45, 2.75) is 20.5 Å². The second kappa shape index (κ2) is 7.67.